The molecule has 138 valence electrons. The van der Waals surface area contributed by atoms with Crippen LogP contribution in [-0.4, -0.2) is 35.4 Å². The van der Waals surface area contributed by atoms with Crippen LogP contribution in [-0.2, 0) is 0 Å². The lowest BCUT2D eigenvalue weighted by Gasteiger charge is -2.29. The number of allylic oxidation sites excluding steroid dienone is 1. The normalized spacial score (nSPS) is 18.0. The lowest BCUT2D eigenvalue weighted by Crippen LogP contribution is -2.36. The van der Waals surface area contributed by atoms with Gasteiger partial charge >= 0.3 is 0 Å². The predicted octanol–water partition coefficient (Wildman–Crippen LogP) is 4.25. The van der Waals surface area contributed by atoms with Crippen molar-refractivity contribution < 1.29 is 4.39 Å². The molecule has 4 rings (SSSR count). The number of fused-ring (bicyclic) bond motifs is 1. The van der Waals surface area contributed by atoms with Gasteiger partial charge in [-0.1, -0.05) is 6.07 Å². The lowest BCUT2D eigenvalue weighted by molar-refractivity contribution is 0.286. The molecule has 1 aliphatic heterocycles. The molecule has 27 heavy (non-hydrogen) atoms. The quantitative estimate of drug-likeness (QED) is 0.663. The standard InChI is InChI=1S/C20H20FN5S/c21-16-2-1-7-26(12-16)19-6-4-14(11-24-19)20-25-17-5-3-13(8-18(17)27-20)15(9-22)10-23/h3-6,8-11,16,22H,1-2,7,12,23H2/t16-/m0/s1. The van der Waals surface area contributed by atoms with Gasteiger partial charge < -0.3 is 16.0 Å². The highest BCUT2D eigenvalue weighted by molar-refractivity contribution is 7.21. The number of nitrogens with zero attached hydrogens (tertiary/aromatic N) is 3. The van der Waals surface area contributed by atoms with Crippen molar-refractivity contribution in [3.8, 4) is 10.6 Å². The number of piperidine rings is 1. The van der Waals surface area contributed by atoms with E-state index in [0.717, 1.165) is 45.1 Å². The Morgan fingerprint density at radius 2 is 2.22 bits per heavy atom. The summed E-state index contributed by atoms with van der Waals surface area (Å²) in [5, 5.41) is 8.33. The molecule has 0 spiro atoms. The molecule has 3 aromatic rings. The minimum absolute atomic E-state index is 0.417. The Morgan fingerprint density at radius 1 is 1.33 bits per heavy atom. The molecule has 1 aromatic carbocycles. The van der Waals surface area contributed by atoms with Crippen LogP contribution in [0.4, 0.5) is 10.2 Å². The van der Waals surface area contributed by atoms with Crippen LogP contribution in [0.25, 0.3) is 26.4 Å². The Bertz CT molecular complexity index is 995. The van der Waals surface area contributed by atoms with E-state index in [4.69, 9.17) is 11.1 Å². The minimum Gasteiger partial charge on any atom is -0.404 e. The molecule has 1 fully saturated rings. The topological polar surface area (TPSA) is 78.9 Å². The van der Waals surface area contributed by atoms with Crippen LogP contribution in [0.2, 0.25) is 0 Å². The van der Waals surface area contributed by atoms with E-state index in [1.54, 1.807) is 17.5 Å². The summed E-state index contributed by atoms with van der Waals surface area (Å²) < 4.78 is 14.7. The summed E-state index contributed by atoms with van der Waals surface area (Å²) in [6, 6.07) is 9.78. The first-order valence-corrected chi connectivity index (χ1v) is 9.68. The maximum Gasteiger partial charge on any atom is 0.128 e. The number of nitrogens with two attached hydrogens (primary N) is 1. The fourth-order valence-corrected chi connectivity index (χ4v) is 4.28. The fourth-order valence-electron chi connectivity index (χ4n) is 3.29. The van der Waals surface area contributed by atoms with Crippen LogP contribution in [0, 0.1) is 5.41 Å². The van der Waals surface area contributed by atoms with Crippen LogP contribution in [0.5, 0.6) is 0 Å². The maximum absolute atomic E-state index is 13.6. The van der Waals surface area contributed by atoms with E-state index in [9.17, 15) is 4.39 Å². The van der Waals surface area contributed by atoms with Gasteiger partial charge in [0.05, 0.1) is 16.8 Å². The number of alkyl halides is 1. The zero-order chi connectivity index (χ0) is 18.8. The monoisotopic (exact) mass is 381 g/mol. The van der Waals surface area contributed by atoms with E-state index in [1.165, 1.54) is 12.4 Å². The van der Waals surface area contributed by atoms with E-state index in [-0.39, 0.29) is 0 Å². The number of anilines is 1. The first-order chi connectivity index (χ1) is 13.2. The zero-order valence-electron chi connectivity index (χ0n) is 14.7. The molecule has 1 saturated heterocycles. The first kappa shape index (κ1) is 17.6. The third kappa shape index (κ3) is 3.55. The number of benzene rings is 1. The third-order valence-corrected chi connectivity index (χ3v) is 5.81. The third-order valence-electron chi connectivity index (χ3n) is 4.74. The average Bonchev–Trinajstić information content (AvgIpc) is 3.13. The lowest BCUT2D eigenvalue weighted by atomic mass is 10.1. The molecular weight excluding hydrogens is 361 g/mol. The smallest absolute Gasteiger partial charge is 0.128 e. The SMILES string of the molecule is N=CC(=CN)c1ccc2nc(-c3ccc(N4CCC[C@H](F)C4)nc3)sc2c1. The summed E-state index contributed by atoms with van der Waals surface area (Å²) >= 11 is 1.58. The van der Waals surface area contributed by atoms with Crippen molar-refractivity contribution in [2.45, 2.75) is 19.0 Å². The molecule has 1 aliphatic rings. The predicted molar refractivity (Wildman–Crippen MR) is 110 cm³/mol. The molecule has 0 saturated carbocycles. The van der Waals surface area contributed by atoms with Crippen molar-refractivity contribution in [2.75, 3.05) is 18.0 Å². The summed E-state index contributed by atoms with van der Waals surface area (Å²) in [6.45, 7) is 1.26. The van der Waals surface area contributed by atoms with E-state index in [2.05, 4.69) is 9.97 Å². The molecule has 3 heterocycles. The number of pyridine rings is 1. The van der Waals surface area contributed by atoms with Crippen molar-refractivity contribution in [2.24, 2.45) is 5.73 Å². The highest BCUT2D eigenvalue weighted by atomic mass is 32.1. The number of aromatic nitrogens is 2. The Kier molecular flexibility index (Phi) is 4.85. The molecule has 1 atom stereocenters. The second-order valence-electron chi connectivity index (χ2n) is 6.56. The first-order valence-electron chi connectivity index (χ1n) is 8.86. The molecular formula is C20H20FN5S. The van der Waals surface area contributed by atoms with E-state index >= 15 is 0 Å². The summed E-state index contributed by atoms with van der Waals surface area (Å²) in [6.07, 6.45) is 5.21. The number of hydrogen-bond acceptors (Lipinski definition) is 6. The van der Waals surface area contributed by atoms with Crippen molar-refractivity contribution in [1.29, 1.82) is 5.41 Å². The molecule has 3 N–H and O–H groups in total. The average molecular weight is 381 g/mol. The molecule has 0 radical (unpaired) electrons. The van der Waals surface area contributed by atoms with E-state index in [1.807, 2.05) is 35.2 Å². The highest BCUT2D eigenvalue weighted by Gasteiger charge is 2.20. The van der Waals surface area contributed by atoms with Gasteiger partial charge in [-0.25, -0.2) is 14.4 Å². The summed E-state index contributed by atoms with van der Waals surface area (Å²) in [4.78, 5) is 11.2. The van der Waals surface area contributed by atoms with E-state index in [0.29, 0.717) is 18.5 Å². The van der Waals surface area contributed by atoms with Crippen LogP contribution >= 0.6 is 11.3 Å². The Balaban J connectivity index is 1.61. The second-order valence-corrected chi connectivity index (χ2v) is 7.59. The molecule has 0 unspecified atom stereocenters. The van der Waals surface area contributed by atoms with Crippen molar-refractivity contribution in [3.63, 3.8) is 0 Å². The molecule has 7 heteroatoms. The van der Waals surface area contributed by atoms with Crippen LogP contribution in [0.3, 0.4) is 0 Å². The Labute approximate surface area is 160 Å². The zero-order valence-corrected chi connectivity index (χ0v) is 15.5. The van der Waals surface area contributed by atoms with Gasteiger partial charge in [0.2, 0.25) is 0 Å². The molecule has 0 aliphatic carbocycles. The highest BCUT2D eigenvalue weighted by Crippen LogP contribution is 2.32. The largest absolute Gasteiger partial charge is 0.404 e. The van der Waals surface area contributed by atoms with Gasteiger partial charge in [-0.05, 0) is 42.7 Å². The number of halogens is 1. The number of thiazole rings is 1. The summed E-state index contributed by atoms with van der Waals surface area (Å²) in [7, 11) is 0. The van der Waals surface area contributed by atoms with E-state index < -0.39 is 6.17 Å². The number of rotatable bonds is 4. The molecule has 2 aromatic heterocycles. The van der Waals surface area contributed by atoms with Gasteiger partial charge in [-0.15, -0.1) is 11.3 Å². The van der Waals surface area contributed by atoms with Gasteiger partial charge in [-0.2, -0.15) is 0 Å². The van der Waals surface area contributed by atoms with Gasteiger partial charge in [0.15, 0.2) is 0 Å². The second kappa shape index (κ2) is 7.44. The van der Waals surface area contributed by atoms with Crippen molar-refractivity contribution in [3.05, 3.63) is 48.3 Å². The Morgan fingerprint density at radius 3 is 2.93 bits per heavy atom. The van der Waals surface area contributed by atoms with Gasteiger partial charge in [0, 0.05) is 36.3 Å². The molecule has 0 amide bonds. The summed E-state index contributed by atoms with van der Waals surface area (Å²) in [5.74, 6) is 0.813. The van der Waals surface area contributed by atoms with Crippen LogP contribution in [0.15, 0.2) is 42.7 Å². The summed E-state index contributed by atoms with van der Waals surface area (Å²) in [5.41, 5.74) is 8.99. The number of hydrogen-bond donors (Lipinski definition) is 2. The van der Waals surface area contributed by atoms with Crippen LogP contribution < -0.4 is 10.6 Å². The van der Waals surface area contributed by atoms with Gasteiger partial charge in [0.1, 0.15) is 17.0 Å². The van der Waals surface area contributed by atoms with Crippen LogP contribution in [0.1, 0.15) is 18.4 Å². The molecule has 0 bridgehead atoms. The Hall–Kier alpha value is -2.80. The minimum atomic E-state index is -0.771. The molecule has 5 nitrogen and oxygen atoms in total. The van der Waals surface area contributed by atoms with Crippen molar-refractivity contribution >= 4 is 39.2 Å². The number of nitrogens with one attached hydrogen (secondary N) is 1. The van der Waals surface area contributed by atoms with Gasteiger partial charge in [-0.3, -0.25) is 0 Å². The fraction of sp³-hybridized carbons (Fsp3) is 0.250. The maximum atomic E-state index is 13.6. The van der Waals surface area contributed by atoms with Crippen molar-refractivity contribution in [1.82, 2.24) is 9.97 Å². The van der Waals surface area contributed by atoms with Gasteiger partial charge in [0.25, 0.3) is 0 Å².